The Labute approximate surface area is 247 Å². The summed E-state index contributed by atoms with van der Waals surface area (Å²) < 4.78 is 27.1. The van der Waals surface area contributed by atoms with Crippen molar-refractivity contribution in [2.45, 2.75) is 51.3 Å². The fraction of sp³-hybridized carbons (Fsp3) is 0.273. The number of aromatic nitrogens is 2. The maximum absolute atomic E-state index is 13.7. The van der Waals surface area contributed by atoms with Gasteiger partial charge in [0, 0.05) is 0 Å². The molecule has 1 N–H and O–H groups in total. The van der Waals surface area contributed by atoms with Gasteiger partial charge < -0.3 is 23.9 Å². The number of aryl methyl sites for hydroxylation is 1. The molecule has 0 aliphatic carbocycles. The largest absolute Gasteiger partial charge is 0.374 e. The Bertz CT molecular complexity index is 1720. The lowest BCUT2D eigenvalue weighted by atomic mass is 10.1. The topological polar surface area (TPSA) is 91.8 Å². The summed E-state index contributed by atoms with van der Waals surface area (Å²) >= 11 is 1.30. The number of thiophene rings is 1. The van der Waals surface area contributed by atoms with Gasteiger partial charge in [0.1, 0.15) is 23.0 Å². The Morgan fingerprint density at radius 3 is 1.93 bits per heavy atom. The van der Waals surface area contributed by atoms with Crippen molar-refractivity contribution in [3.05, 3.63) is 139 Å². The second-order valence-corrected chi connectivity index (χ2v) is 11.2. The Morgan fingerprint density at radius 1 is 0.786 bits per heavy atom. The highest BCUT2D eigenvalue weighted by molar-refractivity contribution is 7.17. The fourth-order valence-electron chi connectivity index (χ4n) is 5.19. The van der Waals surface area contributed by atoms with Gasteiger partial charge in [-0.2, -0.15) is 0 Å². The molecule has 8 nitrogen and oxygen atoms in total. The van der Waals surface area contributed by atoms with Gasteiger partial charge in [-0.3, -0.25) is 4.79 Å². The molecule has 3 aromatic carbocycles. The molecule has 0 radical (unpaired) electrons. The molecule has 42 heavy (non-hydrogen) atoms. The van der Waals surface area contributed by atoms with Crippen LogP contribution in [0, 0.1) is 6.92 Å². The van der Waals surface area contributed by atoms with Crippen LogP contribution in [-0.4, -0.2) is 34.5 Å². The van der Waals surface area contributed by atoms with Crippen molar-refractivity contribution in [1.82, 2.24) is 9.55 Å². The zero-order valence-corrected chi connectivity index (χ0v) is 24.0. The molecule has 6 rings (SSSR count). The van der Waals surface area contributed by atoms with Gasteiger partial charge in [-0.25, -0.2) is 9.36 Å². The van der Waals surface area contributed by atoms with E-state index < -0.39 is 35.8 Å². The molecule has 216 valence electrons. The smallest absolute Gasteiger partial charge is 0.331 e. The molecular weight excluding hydrogens is 552 g/mol. The molecule has 0 amide bonds. The molecule has 0 saturated carbocycles. The maximum Gasteiger partial charge on any atom is 0.331 e. The van der Waals surface area contributed by atoms with Crippen LogP contribution >= 0.6 is 11.3 Å². The first-order chi connectivity index (χ1) is 20.6. The van der Waals surface area contributed by atoms with E-state index in [1.807, 2.05) is 103 Å². The summed E-state index contributed by atoms with van der Waals surface area (Å²) in [6, 6.07) is 29.4. The average molecular weight is 585 g/mol. The number of nitrogens with zero attached hydrogens (tertiary/aromatic N) is 1. The van der Waals surface area contributed by atoms with Gasteiger partial charge in [0.15, 0.2) is 6.23 Å². The van der Waals surface area contributed by atoms with Crippen molar-refractivity contribution in [3.8, 4) is 0 Å². The summed E-state index contributed by atoms with van der Waals surface area (Å²) in [6.07, 6.45) is -3.02. The molecular formula is C33H32N2O6S. The number of H-pyrrole nitrogens is 1. The Kier molecular flexibility index (Phi) is 8.73. The molecule has 2 aromatic heterocycles. The fourth-order valence-corrected chi connectivity index (χ4v) is 6.13. The van der Waals surface area contributed by atoms with E-state index in [-0.39, 0.29) is 13.2 Å². The number of ether oxygens (including phenoxy) is 4. The minimum absolute atomic E-state index is 0.184. The second kappa shape index (κ2) is 13.0. The lowest BCUT2D eigenvalue weighted by Gasteiger charge is -2.25. The Hall–Kier alpha value is -3.86. The van der Waals surface area contributed by atoms with E-state index in [2.05, 4.69) is 4.98 Å². The molecule has 1 saturated heterocycles. The molecule has 5 aromatic rings. The maximum atomic E-state index is 13.7. The number of rotatable bonds is 11. The molecule has 0 bridgehead atoms. The van der Waals surface area contributed by atoms with Gasteiger partial charge in [0.25, 0.3) is 5.56 Å². The van der Waals surface area contributed by atoms with Crippen LogP contribution < -0.4 is 11.2 Å². The van der Waals surface area contributed by atoms with Crippen LogP contribution in [0.2, 0.25) is 0 Å². The number of hydrogen-bond donors (Lipinski definition) is 1. The van der Waals surface area contributed by atoms with E-state index in [1.54, 1.807) is 0 Å². The highest BCUT2D eigenvalue weighted by Gasteiger charge is 2.48. The van der Waals surface area contributed by atoms with Crippen molar-refractivity contribution in [3.63, 3.8) is 0 Å². The molecule has 0 spiro atoms. The standard InChI is InChI=1S/C33H32N2O6S/c1-22-21-42-30-27(22)34-33(37)35(31(30)36)32-29(40-19-25-15-9-4-10-16-25)28(39-18-24-13-7-3-8-14-24)26(41-32)20-38-17-23-11-5-2-6-12-23/h2-16,21,26,28-29,32H,17-20H2,1H3,(H,34,37)/t26-,28-,29-,32-/m1/s1. The first-order valence-electron chi connectivity index (χ1n) is 13.9. The first kappa shape index (κ1) is 28.3. The summed E-state index contributed by atoms with van der Waals surface area (Å²) in [5.41, 5.74) is 3.38. The zero-order chi connectivity index (χ0) is 28.9. The van der Waals surface area contributed by atoms with Crippen molar-refractivity contribution in [2.24, 2.45) is 0 Å². The number of aromatic amines is 1. The van der Waals surface area contributed by atoms with Crippen molar-refractivity contribution in [2.75, 3.05) is 6.61 Å². The second-order valence-electron chi connectivity index (χ2n) is 10.3. The molecule has 4 atom stereocenters. The molecule has 1 aliphatic heterocycles. The van der Waals surface area contributed by atoms with E-state index in [1.165, 1.54) is 11.3 Å². The van der Waals surface area contributed by atoms with Crippen molar-refractivity contribution in [1.29, 1.82) is 0 Å². The SMILES string of the molecule is Cc1csc2c(=O)n([C@@H]3O[C@H](COCc4ccccc4)[C@@H](OCc4ccccc4)[C@H]3OCc3ccccc3)c(=O)[nH]c12. The quantitative estimate of drug-likeness (QED) is 0.225. The van der Waals surface area contributed by atoms with Gasteiger partial charge >= 0.3 is 5.69 Å². The number of benzene rings is 3. The van der Waals surface area contributed by atoms with Gasteiger partial charge in [0.05, 0.1) is 31.9 Å². The number of nitrogens with one attached hydrogen (secondary N) is 1. The third-order valence-electron chi connectivity index (χ3n) is 7.34. The van der Waals surface area contributed by atoms with Crippen LogP contribution in [0.1, 0.15) is 28.5 Å². The van der Waals surface area contributed by atoms with Gasteiger partial charge in [-0.05, 0) is 34.6 Å². The number of hydrogen-bond acceptors (Lipinski definition) is 7. The molecule has 1 fully saturated rings. The van der Waals surface area contributed by atoms with E-state index in [9.17, 15) is 9.59 Å². The third kappa shape index (κ3) is 6.16. The van der Waals surface area contributed by atoms with E-state index in [0.717, 1.165) is 26.8 Å². The summed E-state index contributed by atoms with van der Waals surface area (Å²) in [6.45, 7) is 2.98. The Morgan fingerprint density at radius 2 is 1.33 bits per heavy atom. The van der Waals surface area contributed by atoms with E-state index in [0.29, 0.717) is 23.4 Å². The third-order valence-corrected chi connectivity index (χ3v) is 8.43. The lowest BCUT2D eigenvalue weighted by molar-refractivity contribution is -0.0924. The van der Waals surface area contributed by atoms with Crippen LogP contribution in [0.15, 0.2) is 106 Å². The Balaban J connectivity index is 1.34. The molecule has 0 unspecified atom stereocenters. The van der Waals surface area contributed by atoms with Gasteiger partial charge in [0.2, 0.25) is 0 Å². The predicted molar refractivity (Wildman–Crippen MR) is 161 cm³/mol. The van der Waals surface area contributed by atoms with Crippen LogP contribution in [-0.2, 0) is 38.8 Å². The van der Waals surface area contributed by atoms with Crippen LogP contribution in [0.4, 0.5) is 0 Å². The minimum Gasteiger partial charge on any atom is -0.374 e. The highest BCUT2D eigenvalue weighted by atomic mass is 32.1. The van der Waals surface area contributed by atoms with Crippen molar-refractivity contribution < 1.29 is 18.9 Å². The van der Waals surface area contributed by atoms with E-state index in [4.69, 9.17) is 18.9 Å². The highest BCUT2D eigenvalue weighted by Crippen LogP contribution is 2.34. The summed E-state index contributed by atoms with van der Waals surface area (Å²) in [4.78, 5) is 30.0. The summed E-state index contributed by atoms with van der Waals surface area (Å²) in [5, 5.41) is 1.86. The molecule has 9 heteroatoms. The van der Waals surface area contributed by atoms with Crippen molar-refractivity contribution >= 4 is 21.6 Å². The average Bonchev–Trinajstić information content (AvgIpc) is 3.56. The van der Waals surface area contributed by atoms with Crippen LogP contribution in [0.25, 0.3) is 10.2 Å². The van der Waals surface area contributed by atoms with Crippen LogP contribution in [0.5, 0.6) is 0 Å². The minimum atomic E-state index is -1.03. The lowest BCUT2D eigenvalue weighted by Crippen LogP contribution is -2.44. The zero-order valence-electron chi connectivity index (χ0n) is 23.2. The van der Waals surface area contributed by atoms with Crippen LogP contribution in [0.3, 0.4) is 0 Å². The number of fused-ring (bicyclic) bond motifs is 1. The summed E-state index contributed by atoms with van der Waals surface area (Å²) in [7, 11) is 0. The van der Waals surface area contributed by atoms with E-state index >= 15 is 0 Å². The monoisotopic (exact) mass is 584 g/mol. The molecule has 3 heterocycles. The van der Waals surface area contributed by atoms with Gasteiger partial charge in [-0.1, -0.05) is 91.0 Å². The molecule has 1 aliphatic rings. The van der Waals surface area contributed by atoms with Gasteiger partial charge in [-0.15, -0.1) is 11.3 Å². The normalized spacial score (nSPS) is 20.3. The summed E-state index contributed by atoms with van der Waals surface area (Å²) in [5.74, 6) is 0. The first-order valence-corrected chi connectivity index (χ1v) is 14.8. The predicted octanol–water partition coefficient (Wildman–Crippen LogP) is 5.34.